The van der Waals surface area contributed by atoms with Gasteiger partial charge in [-0.2, -0.15) is 4.31 Å². The quantitative estimate of drug-likeness (QED) is 0.781. The molecule has 0 saturated heterocycles. The Morgan fingerprint density at radius 3 is 2.81 bits per heavy atom. The van der Waals surface area contributed by atoms with Crippen molar-refractivity contribution in [2.75, 3.05) is 18.8 Å². The first-order chi connectivity index (χ1) is 7.47. The van der Waals surface area contributed by atoms with E-state index >= 15 is 0 Å². The Hall–Kier alpha value is -0.880. The third-order valence-electron chi connectivity index (χ3n) is 2.54. The van der Waals surface area contributed by atoms with Crippen LogP contribution in [0.2, 0.25) is 0 Å². The molecule has 0 saturated carbocycles. The Bertz CT molecular complexity index is 386. The van der Waals surface area contributed by atoms with Gasteiger partial charge in [0.2, 0.25) is 10.0 Å². The molecule has 0 unspecified atom stereocenters. The lowest BCUT2D eigenvalue weighted by Crippen LogP contribution is -2.38. The maximum atomic E-state index is 11.8. The summed E-state index contributed by atoms with van der Waals surface area (Å²) >= 11 is 0. The van der Waals surface area contributed by atoms with Crippen LogP contribution in [0.5, 0.6) is 0 Å². The van der Waals surface area contributed by atoms with Crippen LogP contribution >= 0.6 is 0 Å². The first-order valence-electron chi connectivity index (χ1n) is 5.37. The fraction of sp³-hybridized carbons (Fsp3) is 0.700. The summed E-state index contributed by atoms with van der Waals surface area (Å²) in [6, 6.07) is 0. The maximum absolute atomic E-state index is 11.8. The van der Waals surface area contributed by atoms with E-state index in [1.807, 2.05) is 6.92 Å². The van der Waals surface area contributed by atoms with E-state index in [0.717, 1.165) is 6.42 Å². The molecule has 0 aromatic heterocycles. The molecule has 0 aliphatic carbocycles. The smallest absolute Gasteiger partial charge is 0.332 e. The highest BCUT2D eigenvalue weighted by molar-refractivity contribution is 7.89. The Morgan fingerprint density at radius 2 is 2.25 bits per heavy atom. The van der Waals surface area contributed by atoms with Crippen LogP contribution in [0.1, 0.15) is 26.2 Å². The van der Waals surface area contributed by atoms with Crippen LogP contribution in [0.4, 0.5) is 0 Å². The van der Waals surface area contributed by atoms with E-state index in [1.165, 1.54) is 4.31 Å². The largest absolute Gasteiger partial charge is 0.478 e. The molecule has 1 N–H and O–H groups in total. The number of unbranched alkanes of at least 4 members (excludes halogenated alkanes) is 1. The number of hydrogen-bond donors (Lipinski definition) is 1. The van der Waals surface area contributed by atoms with E-state index in [2.05, 4.69) is 0 Å². The van der Waals surface area contributed by atoms with E-state index in [0.29, 0.717) is 19.4 Å². The first-order valence-corrected chi connectivity index (χ1v) is 6.98. The molecular weight excluding hydrogens is 230 g/mol. The van der Waals surface area contributed by atoms with E-state index in [1.54, 1.807) is 6.08 Å². The second kappa shape index (κ2) is 5.45. The molecule has 1 rings (SSSR count). The number of sulfonamides is 1. The Balaban J connectivity index is 2.69. The van der Waals surface area contributed by atoms with Crippen LogP contribution in [-0.4, -0.2) is 42.6 Å². The number of carbonyl (C=O) groups is 1. The molecule has 1 heterocycles. The van der Waals surface area contributed by atoms with Crippen molar-refractivity contribution in [3.63, 3.8) is 0 Å². The number of aliphatic carboxylic acids is 1. The van der Waals surface area contributed by atoms with Gasteiger partial charge < -0.3 is 5.11 Å². The van der Waals surface area contributed by atoms with Gasteiger partial charge in [0.15, 0.2) is 0 Å². The molecule has 0 fully saturated rings. The molecule has 1 aliphatic heterocycles. The van der Waals surface area contributed by atoms with E-state index in [4.69, 9.17) is 5.11 Å². The zero-order valence-corrected chi connectivity index (χ0v) is 10.2. The fourth-order valence-electron chi connectivity index (χ4n) is 1.56. The summed E-state index contributed by atoms with van der Waals surface area (Å²) < 4.78 is 24.9. The van der Waals surface area contributed by atoms with Crippen molar-refractivity contribution in [3.05, 3.63) is 11.6 Å². The summed E-state index contributed by atoms with van der Waals surface area (Å²) in [6.07, 6.45) is 3.50. The van der Waals surface area contributed by atoms with Gasteiger partial charge in [-0.25, -0.2) is 13.2 Å². The molecule has 0 aromatic rings. The van der Waals surface area contributed by atoms with Crippen LogP contribution in [0.25, 0.3) is 0 Å². The fourth-order valence-corrected chi connectivity index (χ4v) is 3.20. The predicted molar refractivity (Wildman–Crippen MR) is 60.6 cm³/mol. The molecule has 0 spiro atoms. The van der Waals surface area contributed by atoms with Gasteiger partial charge in [-0.1, -0.05) is 19.4 Å². The number of hydrogen-bond acceptors (Lipinski definition) is 3. The van der Waals surface area contributed by atoms with Gasteiger partial charge >= 0.3 is 5.97 Å². The Labute approximate surface area is 95.8 Å². The lowest BCUT2D eigenvalue weighted by molar-refractivity contribution is -0.132. The van der Waals surface area contributed by atoms with Gasteiger partial charge in [0, 0.05) is 18.7 Å². The minimum Gasteiger partial charge on any atom is -0.478 e. The molecule has 0 bridgehead atoms. The van der Waals surface area contributed by atoms with Crippen molar-refractivity contribution in [2.45, 2.75) is 26.2 Å². The Morgan fingerprint density at radius 1 is 1.56 bits per heavy atom. The van der Waals surface area contributed by atoms with Crippen molar-refractivity contribution in [1.29, 1.82) is 0 Å². The van der Waals surface area contributed by atoms with Crippen LogP contribution in [0.3, 0.4) is 0 Å². The molecule has 6 heteroatoms. The molecule has 0 radical (unpaired) electrons. The van der Waals surface area contributed by atoms with Gasteiger partial charge in [0.05, 0.1) is 5.75 Å². The minimum absolute atomic E-state index is 0.00137. The van der Waals surface area contributed by atoms with E-state index in [-0.39, 0.29) is 17.9 Å². The number of nitrogens with zero attached hydrogens (tertiary/aromatic N) is 1. The monoisotopic (exact) mass is 247 g/mol. The lowest BCUT2D eigenvalue weighted by atomic mass is 10.1. The normalized spacial score (nSPS) is 18.2. The van der Waals surface area contributed by atoms with Crippen LogP contribution < -0.4 is 0 Å². The number of carboxylic acids is 1. The zero-order chi connectivity index (χ0) is 12.2. The van der Waals surface area contributed by atoms with Gasteiger partial charge in [0.25, 0.3) is 0 Å². The van der Waals surface area contributed by atoms with Crippen LogP contribution in [0.15, 0.2) is 11.6 Å². The van der Waals surface area contributed by atoms with Crippen LogP contribution in [0, 0.1) is 0 Å². The van der Waals surface area contributed by atoms with Crippen molar-refractivity contribution in [3.8, 4) is 0 Å². The van der Waals surface area contributed by atoms with Crippen molar-refractivity contribution < 1.29 is 18.3 Å². The maximum Gasteiger partial charge on any atom is 0.332 e. The summed E-state index contributed by atoms with van der Waals surface area (Å²) in [4.78, 5) is 10.8. The van der Waals surface area contributed by atoms with Crippen molar-refractivity contribution in [2.24, 2.45) is 0 Å². The lowest BCUT2D eigenvalue weighted by Gasteiger charge is -2.25. The van der Waals surface area contributed by atoms with E-state index in [9.17, 15) is 13.2 Å². The molecule has 0 atom stereocenters. The predicted octanol–water partition coefficient (Wildman–Crippen LogP) is 0.833. The highest BCUT2D eigenvalue weighted by atomic mass is 32.2. The second-order valence-electron chi connectivity index (χ2n) is 3.83. The average molecular weight is 247 g/mol. The van der Waals surface area contributed by atoms with Gasteiger partial charge in [-0.3, -0.25) is 0 Å². The van der Waals surface area contributed by atoms with E-state index < -0.39 is 16.0 Å². The summed E-state index contributed by atoms with van der Waals surface area (Å²) in [5.74, 6) is -0.925. The summed E-state index contributed by atoms with van der Waals surface area (Å²) in [5.41, 5.74) is 0.173. The number of rotatable bonds is 5. The van der Waals surface area contributed by atoms with Gasteiger partial charge in [-0.05, 0) is 12.8 Å². The topological polar surface area (TPSA) is 74.7 Å². The third-order valence-corrected chi connectivity index (χ3v) is 4.44. The first kappa shape index (κ1) is 13.2. The summed E-state index contributed by atoms with van der Waals surface area (Å²) in [5, 5.41) is 8.81. The van der Waals surface area contributed by atoms with Gasteiger partial charge in [0.1, 0.15) is 0 Å². The minimum atomic E-state index is -3.28. The van der Waals surface area contributed by atoms with Crippen molar-refractivity contribution >= 4 is 16.0 Å². The SMILES string of the molecule is CCCCS(=O)(=O)N1CCC=C(C(=O)O)C1. The highest BCUT2D eigenvalue weighted by Crippen LogP contribution is 2.15. The van der Waals surface area contributed by atoms with Crippen LogP contribution in [-0.2, 0) is 14.8 Å². The second-order valence-corrected chi connectivity index (χ2v) is 5.91. The molecule has 16 heavy (non-hydrogen) atoms. The zero-order valence-electron chi connectivity index (χ0n) is 9.35. The Kier molecular flexibility index (Phi) is 4.49. The van der Waals surface area contributed by atoms with Gasteiger partial charge in [-0.15, -0.1) is 0 Å². The third kappa shape index (κ3) is 3.31. The average Bonchev–Trinajstić information content (AvgIpc) is 2.26. The molecule has 1 aliphatic rings. The highest BCUT2D eigenvalue weighted by Gasteiger charge is 2.26. The molecular formula is C10H17NO4S. The standard InChI is InChI=1S/C10H17NO4S/c1-2-3-7-16(14,15)11-6-4-5-9(8-11)10(12)13/h5H,2-4,6-8H2,1H3,(H,12,13). The van der Waals surface area contributed by atoms with Crippen molar-refractivity contribution in [1.82, 2.24) is 4.31 Å². The number of carboxylic acid groups (broad SMARTS) is 1. The molecule has 0 aromatic carbocycles. The summed E-state index contributed by atoms with van der Waals surface area (Å²) in [6.45, 7) is 2.32. The molecule has 5 nitrogen and oxygen atoms in total. The summed E-state index contributed by atoms with van der Waals surface area (Å²) in [7, 11) is -3.28. The molecule has 0 amide bonds. The molecule has 92 valence electrons.